The molecule has 0 amide bonds. The summed E-state index contributed by atoms with van der Waals surface area (Å²) in [6.07, 6.45) is 1.69. The van der Waals surface area contributed by atoms with Crippen LogP contribution in [0.2, 0.25) is 0 Å². The summed E-state index contributed by atoms with van der Waals surface area (Å²) in [7, 11) is -3.79. The third-order valence-corrected chi connectivity index (χ3v) is 4.70. The molecule has 0 atom stereocenters. The number of nitrogens with zero attached hydrogens (tertiary/aromatic N) is 2. The van der Waals surface area contributed by atoms with E-state index in [1.54, 1.807) is 0 Å². The lowest BCUT2D eigenvalue weighted by Gasteiger charge is -2.06. The average molecular weight is 313 g/mol. The van der Waals surface area contributed by atoms with Crippen molar-refractivity contribution in [3.8, 4) is 0 Å². The third-order valence-electron chi connectivity index (χ3n) is 2.97. The molecule has 0 spiro atoms. The van der Waals surface area contributed by atoms with Crippen LogP contribution in [0.3, 0.4) is 0 Å². The van der Waals surface area contributed by atoms with Gasteiger partial charge in [0.25, 0.3) is 0 Å². The zero-order valence-electron chi connectivity index (χ0n) is 11.5. The smallest absolute Gasteiger partial charge is 0.352 e. The van der Waals surface area contributed by atoms with E-state index in [9.17, 15) is 13.2 Å². The van der Waals surface area contributed by atoms with Gasteiger partial charge in [-0.3, -0.25) is 5.10 Å². The zero-order valence-corrected chi connectivity index (χ0v) is 12.3. The summed E-state index contributed by atoms with van der Waals surface area (Å²) in [6, 6.07) is 0. The fraction of sp³-hybridized carbons (Fsp3) is 0.364. The second kappa shape index (κ2) is 5.66. The number of rotatable bonds is 6. The predicted molar refractivity (Wildman–Crippen MR) is 72.5 cm³/mol. The third kappa shape index (κ3) is 3.11. The highest BCUT2D eigenvalue weighted by molar-refractivity contribution is 7.89. The molecule has 21 heavy (non-hydrogen) atoms. The lowest BCUT2D eigenvalue weighted by atomic mass is 10.2. The molecule has 0 aromatic carbocycles. The van der Waals surface area contributed by atoms with Gasteiger partial charge in [-0.1, -0.05) is 0 Å². The van der Waals surface area contributed by atoms with E-state index in [0.717, 1.165) is 0 Å². The predicted octanol–water partition coefficient (Wildman–Crippen LogP) is -0.0312. The molecular weight excluding hydrogens is 298 g/mol. The van der Waals surface area contributed by atoms with Gasteiger partial charge in [-0.15, -0.1) is 0 Å². The monoisotopic (exact) mass is 313 g/mol. The molecule has 2 heterocycles. The molecule has 0 bridgehead atoms. The Morgan fingerprint density at radius 3 is 2.67 bits per heavy atom. The lowest BCUT2D eigenvalue weighted by Crippen LogP contribution is -2.27. The van der Waals surface area contributed by atoms with Crippen LogP contribution in [0.15, 0.2) is 11.2 Å². The molecule has 2 rings (SSSR count). The largest absolute Gasteiger partial charge is 0.477 e. The summed E-state index contributed by atoms with van der Waals surface area (Å²) in [5.74, 6) is -0.634. The molecule has 2 aromatic rings. The molecule has 0 fully saturated rings. The first-order valence-electron chi connectivity index (χ1n) is 6.09. The number of carboxylic acid groups (broad SMARTS) is 1. The fourth-order valence-electron chi connectivity index (χ4n) is 2.08. The number of hydrogen-bond donors (Lipinski definition) is 4. The lowest BCUT2D eigenvalue weighted by molar-refractivity contribution is 0.0690. The number of carboxylic acids is 1. The summed E-state index contributed by atoms with van der Waals surface area (Å²) in [4.78, 5) is 17.4. The van der Waals surface area contributed by atoms with Crippen molar-refractivity contribution in [1.29, 1.82) is 0 Å². The maximum atomic E-state index is 12.3. The Hall–Kier alpha value is -2.20. The molecule has 0 saturated carbocycles. The van der Waals surface area contributed by atoms with Gasteiger partial charge in [0.1, 0.15) is 22.7 Å². The molecule has 9 nitrogen and oxygen atoms in total. The van der Waals surface area contributed by atoms with Crippen LogP contribution >= 0.6 is 0 Å². The van der Waals surface area contributed by atoms with E-state index in [2.05, 4.69) is 24.9 Å². The van der Waals surface area contributed by atoms with Gasteiger partial charge in [0, 0.05) is 24.2 Å². The summed E-state index contributed by atoms with van der Waals surface area (Å²) >= 11 is 0. The molecule has 0 aliphatic heterocycles. The first-order valence-corrected chi connectivity index (χ1v) is 7.57. The molecule has 2 aromatic heterocycles. The van der Waals surface area contributed by atoms with Gasteiger partial charge < -0.3 is 10.1 Å². The highest BCUT2D eigenvalue weighted by Gasteiger charge is 2.25. The number of aromatic nitrogens is 4. The number of aryl methyl sites for hydroxylation is 1. The minimum atomic E-state index is -3.79. The first-order chi connectivity index (χ1) is 9.83. The number of aromatic carboxylic acids is 1. The van der Waals surface area contributed by atoms with E-state index in [4.69, 9.17) is 5.11 Å². The van der Waals surface area contributed by atoms with Crippen LogP contribution in [0, 0.1) is 13.8 Å². The summed E-state index contributed by atoms with van der Waals surface area (Å²) in [5.41, 5.74) is 0.354. The van der Waals surface area contributed by atoms with Crippen LogP contribution in [0.5, 0.6) is 0 Å². The summed E-state index contributed by atoms with van der Waals surface area (Å²) in [5, 5.41) is 15.3. The molecule has 114 valence electrons. The molecule has 0 saturated heterocycles. The van der Waals surface area contributed by atoms with Gasteiger partial charge in [-0.2, -0.15) is 5.10 Å². The van der Waals surface area contributed by atoms with Gasteiger partial charge in [0.15, 0.2) is 0 Å². The normalized spacial score (nSPS) is 11.7. The molecule has 4 N–H and O–H groups in total. The number of hydrogen-bond acceptors (Lipinski definition) is 5. The van der Waals surface area contributed by atoms with Crippen molar-refractivity contribution in [3.63, 3.8) is 0 Å². The number of nitrogens with one attached hydrogen (secondary N) is 3. The molecule has 0 aliphatic rings. The van der Waals surface area contributed by atoms with Gasteiger partial charge in [0.2, 0.25) is 10.0 Å². The maximum absolute atomic E-state index is 12.3. The second-order valence-electron chi connectivity index (χ2n) is 4.46. The van der Waals surface area contributed by atoms with Crippen molar-refractivity contribution in [2.75, 3.05) is 6.54 Å². The number of aromatic amines is 2. The average Bonchev–Trinajstić information content (AvgIpc) is 2.97. The number of carbonyl (C=O) groups is 1. The minimum absolute atomic E-state index is 0.0301. The van der Waals surface area contributed by atoms with Crippen LogP contribution < -0.4 is 4.72 Å². The highest BCUT2D eigenvalue weighted by Crippen LogP contribution is 2.22. The van der Waals surface area contributed by atoms with Crippen LogP contribution in [-0.4, -0.2) is 46.2 Å². The maximum Gasteiger partial charge on any atom is 0.352 e. The van der Waals surface area contributed by atoms with E-state index < -0.39 is 16.0 Å². The van der Waals surface area contributed by atoms with Crippen molar-refractivity contribution in [2.45, 2.75) is 25.2 Å². The number of sulfonamides is 1. The van der Waals surface area contributed by atoms with Crippen LogP contribution in [0.1, 0.15) is 27.6 Å². The second-order valence-corrected chi connectivity index (χ2v) is 6.17. The zero-order chi connectivity index (χ0) is 15.6. The Labute approximate surface area is 120 Å². The van der Waals surface area contributed by atoms with Crippen molar-refractivity contribution in [3.05, 3.63) is 29.1 Å². The van der Waals surface area contributed by atoms with Crippen LogP contribution in [0.4, 0.5) is 0 Å². The first kappa shape index (κ1) is 15.2. The molecule has 0 radical (unpaired) electrons. The van der Waals surface area contributed by atoms with Crippen molar-refractivity contribution in [1.82, 2.24) is 24.9 Å². The number of H-pyrrole nitrogens is 2. The minimum Gasteiger partial charge on any atom is -0.477 e. The van der Waals surface area contributed by atoms with Crippen LogP contribution in [-0.2, 0) is 16.4 Å². The standard InChI is InChI=1S/C11H15N5O4S/c1-6-9(11(17)18)15-7(2)10(6)21(19,20)14-4-3-8-12-5-13-16-8/h5,14-15H,3-4H2,1-2H3,(H,17,18)(H,12,13,16). The van der Waals surface area contributed by atoms with E-state index in [-0.39, 0.29) is 28.4 Å². The summed E-state index contributed by atoms with van der Waals surface area (Å²) in [6.45, 7) is 3.10. The molecule has 0 unspecified atom stereocenters. The van der Waals surface area contributed by atoms with Gasteiger partial charge in [0.05, 0.1) is 0 Å². The Morgan fingerprint density at radius 2 is 2.14 bits per heavy atom. The van der Waals surface area contributed by atoms with E-state index in [1.807, 2.05) is 0 Å². The van der Waals surface area contributed by atoms with E-state index in [1.165, 1.54) is 20.2 Å². The Kier molecular flexibility index (Phi) is 4.09. The van der Waals surface area contributed by atoms with Gasteiger partial charge >= 0.3 is 5.97 Å². The quantitative estimate of drug-likeness (QED) is 0.590. The van der Waals surface area contributed by atoms with Gasteiger partial charge in [-0.05, 0) is 13.8 Å². The van der Waals surface area contributed by atoms with E-state index in [0.29, 0.717) is 12.2 Å². The van der Waals surface area contributed by atoms with Gasteiger partial charge in [-0.25, -0.2) is 22.9 Å². The molecular formula is C11H15N5O4S. The Morgan fingerprint density at radius 1 is 1.43 bits per heavy atom. The Bertz CT molecular complexity index is 748. The van der Waals surface area contributed by atoms with Crippen LogP contribution in [0.25, 0.3) is 0 Å². The Balaban J connectivity index is 2.18. The van der Waals surface area contributed by atoms with Crippen molar-refractivity contribution in [2.24, 2.45) is 0 Å². The van der Waals surface area contributed by atoms with E-state index >= 15 is 0 Å². The van der Waals surface area contributed by atoms with Crippen molar-refractivity contribution >= 4 is 16.0 Å². The van der Waals surface area contributed by atoms with Crippen molar-refractivity contribution < 1.29 is 18.3 Å². The highest BCUT2D eigenvalue weighted by atomic mass is 32.2. The fourth-order valence-corrected chi connectivity index (χ4v) is 3.55. The molecule has 0 aliphatic carbocycles. The summed E-state index contributed by atoms with van der Waals surface area (Å²) < 4.78 is 27.0. The molecule has 10 heteroatoms. The topological polar surface area (TPSA) is 141 Å². The SMILES string of the molecule is Cc1[nH]c(C(=O)O)c(C)c1S(=O)(=O)NCCc1ncn[nH]1.